The zero-order valence-electron chi connectivity index (χ0n) is 16.8. The van der Waals surface area contributed by atoms with E-state index in [9.17, 15) is 18.5 Å². The summed E-state index contributed by atoms with van der Waals surface area (Å²) >= 11 is 0. The Kier molecular flexibility index (Phi) is 6.21. The fourth-order valence-corrected chi connectivity index (χ4v) is 4.80. The standard InChI is InChI=1S/C20H25N3O5S/c1-15-12-19(23(24)25)13-20(16(15)2)29(26,27)21(3)14-17-4-6-18(7-5-17)22-8-10-28-11-9-22/h4-7,12-13H,8-11,14H2,1-3H3. The fourth-order valence-electron chi connectivity index (χ4n) is 3.33. The molecule has 2 aromatic rings. The molecular weight excluding hydrogens is 394 g/mol. The van der Waals surface area contributed by atoms with Crippen LogP contribution in [0.2, 0.25) is 0 Å². The number of nitro benzene ring substituents is 1. The van der Waals surface area contributed by atoms with E-state index in [-0.39, 0.29) is 17.1 Å². The molecule has 0 spiro atoms. The van der Waals surface area contributed by atoms with Crippen LogP contribution >= 0.6 is 0 Å². The average Bonchev–Trinajstić information content (AvgIpc) is 2.70. The SMILES string of the molecule is Cc1cc([N+](=O)[O-])cc(S(=O)(=O)N(C)Cc2ccc(N3CCOCC3)cc2)c1C. The number of benzene rings is 2. The minimum Gasteiger partial charge on any atom is -0.378 e. The van der Waals surface area contributed by atoms with Crippen LogP contribution < -0.4 is 4.90 Å². The van der Waals surface area contributed by atoms with E-state index in [0.29, 0.717) is 24.3 Å². The molecule has 1 aliphatic rings. The average molecular weight is 420 g/mol. The molecule has 0 aliphatic carbocycles. The van der Waals surface area contributed by atoms with Gasteiger partial charge in [0.25, 0.3) is 5.69 Å². The summed E-state index contributed by atoms with van der Waals surface area (Å²) in [5, 5.41) is 11.2. The number of anilines is 1. The second kappa shape index (κ2) is 8.48. The highest BCUT2D eigenvalue weighted by molar-refractivity contribution is 7.89. The van der Waals surface area contributed by atoms with Crippen LogP contribution in [0, 0.1) is 24.0 Å². The molecule has 0 unspecified atom stereocenters. The summed E-state index contributed by atoms with van der Waals surface area (Å²) in [5.74, 6) is 0. The number of ether oxygens (including phenoxy) is 1. The van der Waals surface area contributed by atoms with E-state index in [1.807, 2.05) is 24.3 Å². The van der Waals surface area contributed by atoms with E-state index in [1.54, 1.807) is 13.8 Å². The van der Waals surface area contributed by atoms with Gasteiger partial charge in [-0.15, -0.1) is 0 Å². The molecule has 0 radical (unpaired) electrons. The van der Waals surface area contributed by atoms with Gasteiger partial charge in [-0.2, -0.15) is 4.31 Å². The lowest BCUT2D eigenvalue weighted by atomic mass is 10.1. The highest BCUT2D eigenvalue weighted by Gasteiger charge is 2.26. The molecule has 1 aliphatic heterocycles. The van der Waals surface area contributed by atoms with E-state index in [4.69, 9.17) is 4.74 Å². The summed E-state index contributed by atoms with van der Waals surface area (Å²) in [6, 6.07) is 10.3. The third-order valence-corrected chi connectivity index (χ3v) is 7.15. The molecular formula is C20H25N3O5S. The molecule has 156 valence electrons. The lowest BCUT2D eigenvalue weighted by Gasteiger charge is -2.29. The Morgan fingerprint density at radius 2 is 1.76 bits per heavy atom. The van der Waals surface area contributed by atoms with Crippen LogP contribution in [0.25, 0.3) is 0 Å². The molecule has 8 nitrogen and oxygen atoms in total. The van der Waals surface area contributed by atoms with Crippen LogP contribution in [0.3, 0.4) is 0 Å². The van der Waals surface area contributed by atoms with Gasteiger partial charge in [0.2, 0.25) is 10.0 Å². The van der Waals surface area contributed by atoms with Gasteiger partial charge in [-0.1, -0.05) is 12.1 Å². The number of hydrogen-bond acceptors (Lipinski definition) is 6. The maximum absolute atomic E-state index is 13.1. The molecule has 0 N–H and O–H groups in total. The second-order valence-corrected chi connectivity index (χ2v) is 9.18. The van der Waals surface area contributed by atoms with Gasteiger partial charge in [0.1, 0.15) is 0 Å². The van der Waals surface area contributed by atoms with Crippen LogP contribution in [0.1, 0.15) is 16.7 Å². The fraction of sp³-hybridized carbons (Fsp3) is 0.400. The van der Waals surface area contributed by atoms with Gasteiger partial charge in [-0.05, 0) is 42.7 Å². The van der Waals surface area contributed by atoms with Crippen molar-refractivity contribution in [1.82, 2.24) is 4.31 Å². The van der Waals surface area contributed by atoms with Gasteiger partial charge < -0.3 is 9.64 Å². The second-order valence-electron chi connectivity index (χ2n) is 7.17. The van der Waals surface area contributed by atoms with Crippen LogP contribution in [-0.4, -0.2) is 51.0 Å². The Morgan fingerprint density at radius 1 is 1.14 bits per heavy atom. The van der Waals surface area contributed by atoms with Crippen molar-refractivity contribution < 1.29 is 18.1 Å². The van der Waals surface area contributed by atoms with Crippen molar-refractivity contribution in [2.75, 3.05) is 38.3 Å². The Morgan fingerprint density at radius 3 is 2.34 bits per heavy atom. The van der Waals surface area contributed by atoms with E-state index >= 15 is 0 Å². The molecule has 2 aromatic carbocycles. The van der Waals surface area contributed by atoms with E-state index in [1.165, 1.54) is 17.4 Å². The van der Waals surface area contributed by atoms with E-state index in [0.717, 1.165) is 30.4 Å². The van der Waals surface area contributed by atoms with Crippen molar-refractivity contribution in [1.29, 1.82) is 0 Å². The summed E-state index contributed by atoms with van der Waals surface area (Å²) in [7, 11) is -2.39. The third-order valence-electron chi connectivity index (χ3n) is 5.22. The molecule has 0 aromatic heterocycles. The van der Waals surface area contributed by atoms with E-state index < -0.39 is 14.9 Å². The number of nitrogens with zero attached hydrogens (tertiary/aromatic N) is 3. The summed E-state index contributed by atoms with van der Waals surface area (Å²) in [6.07, 6.45) is 0. The predicted molar refractivity (Wildman–Crippen MR) is 111 cm³/mol. The minimum absolute atomic E-state index is 0.0309. The highest BCUT2D eigenvalue weighted by Crippen LogP contribution is 2.28. The highest BCUT2D eigenvalue weighted by atomic mass is 32.2. The predicted octanol–water partition coefficient (Wildman–Crippen LogP) is 2.87. The smallest absolute Gasteiger partial charge is 0.271 e. The zero-order valence-corrected chi connectivity index (χ0v) is 17.6. The van der Waals surface area contributed by atoms with Crippen molar-refractivity contribution in [3.63, 3.8) is 0 Å². The van der Waals surface area contributed by atoms with Gasteiger partial charge in [0.05, 0.1) is 23.0 Å². The number of rotatable bonds is 6. The molecule has 29 heavy (non-hydrogen) atoms. The lowest BCUT2D eigenvalue weighted by Crippen LogP contribution is -2.36. The molecule has 3 rings (SSSR count). The quantitative estimate of drug-likeness (QED) is 0.528. The van der Waals surface area contributed by atoms with Gasteiger partial charge in [-0.25, -0.2) is 8.42 Å². The van der Waals surface area contributed by atoms with Crippen LogP contribution in [0.4, 0.5) is 11.4 Å². The Bertz CT molecular complexity index is 1000. The Balaban J connectivity index is 1.81. The lowest BCUT2D eigenvalue weighted by molar-refractivity contribution is -0.385. The molecule has 0 amide bonds. The number of morpholine rings is 1. The van der Waals surface area contributed by atoms with Crippen LogP contribution in [-0.2, 0) is 21.3 Å². The number of aryl methyl sites for hydroxylation is 1. The molecule has 1 saturated heterocycles. The van der Waals surface area contributed by atoms with Crippen LogP contribution in [0.15, 0.2) is 41.3 Å². The van der Waals surface area contributed by atoms with Crippen molar-refractivity contribution >= 4 is 21.4 Å². The molecule has 1 heterocycles. The normalized spacial score (nSPS) is 15.0. The maximum Gasteiger partial charge on any atom is 0.271 e. The van der Waals surface area contributed by atoms with E-state index in [2.05, 4.69) is 4.90 Å². The zero-order chi connectivity index (χ0) is 21.2. The summed E-state index contributed by atoms with van der Waals surface area (Å²) in [5.41, 5.74) is 2.78. The number of hydrogen-bond donors (Lipinski definition) is 0. The first-order chi connectivity index (χ1) is 13.7. The third kappa shape index (κ3) is 4.58. The van der Waals surface area contributed by atoms with Crippen molar-refractivity contribution in [2.45, 2.75) is 25.3 Å². The number of non-ortho nitro benzene ring substituents is 1. The summed E-state index contributed by atoms with van der Waals surface area (Å²) < 4.78 is 32.7. The first-order valence-electron chi connectivity index (χ1n) is 9.34. The molecule has 9 heteroatoms. The minimum atomic E-state index is -3.88. The first-order valence-corrected chi connectivity index (χ1v) is 10.8. The monoisotopic (exact) mass is 419 g/mol. The topological polar surface area (TPSA) is 93.0 Å². The summed E-state index contributed by atoms with van der Waals surface area (Å²) in [4.78, 5) is 12.8. The Labute approximate surface area is 170 Å². The van der Waals surface area contributed by atoms with Crippen molar-refractivity contribution in [3.8, 4) is 0 Å². The van der Waals surface area contributed by atoms with Crippen molar-refractivity contribution in [2.24, 2.45) is 0 Å². The first kappa shape index (κ1) is 21.2. The van der Waals surface area contributed by atoms with Gasteiger partial charge in [0, 0.05) is 44.5 Å². The molecule has 0 atom stereocenters. The van der Waals surface area contributed by atoms with Gasteiger partial charge >= 0.3 is 0 Å². The number of sulfonamides is 1. The number of nitro groups is 1. The summed E-state index contributed by atoms with van der Waals surface area (Å²) in [6.45, 7) is 6.57. The van der Waals surface area contributed by atoms with Gasteiger partial charge in [-0.3, -0.25) is 10.1 Å². The van der Waals surface area contributed by atoms with Gasteiger partial charge in [0.15, 0.2) is 0 Å². The van der Waals surface area contributed by atoms with Crippen LogP contribution in [0.5, 0.6) is 0 Å². The van der Waals surface area contributed by atoms with Crippen molar-refractivity contribution in [3.05, 3.63) is 63.2 Å². The largest absolute Gasteiger partial charge is 0.378 e. The molecule has 0 saturated carbocycles. The Hall–Kier alpha value is -2.49. The molecule has 0 bridgehead atoms. The maximum atomic E-state index is 13.1. The molecule has 1 fully saturated rings.